The van der Waals surface area contributed by atoms with Crippen LogP contribution in [-0.4, -0.2) is 4.57 Å². The van der Waals surface area contributed by atoms with E-state index < -0.39 is 0 Å². The van der Waals surface area contributed by atoms with Crippen molar-refractivity contribution in [2.45, 2.75) is 0 Å². The fourth-order valence-electron chi connectivity index (χ4n) is 2.93. The van der Waals surface area contributed by atoms with Crippen LogP contribution in [-0.2, 0) is 0 Å². The van der Waals surface area contributed by atoms with E-state index in [4.69, 9.17) is 11.6 Å². The van der Waals surface area contributed by atoms with E-state index in [-0.39, 0.29) is 5.56 Å². The summed E-state index contributed by atoms with van der Waals surface area (Å²) in [7, 11) is 0. The Morgan fingerprint density at radius 3 is 2.04 bits per heavy atom. The molecule has 3 heteroatoms. The van der Waals surface area contributed by atoms with Crippen molar-refractivity contribution in [2.24, 2.45) is 0 Å². The van der Waals surface area contributed by atoms with Crippen molar-refractivity contribution in [1.29, 1.82) is 0 Å². The lowest BCUT2D eigenvalue weighted by atomic mass is 10.0. The molecule has 0 atom stereocenters. The van der Waals surface area contributed by atoms with Crippen LogP contribution in [0.5, 0.6) is 0 Å². The maximum absolute atomic E-state index is 12.9. The topological polar surface area (TPSA) is 22.0 Å². The van der Waals surface area contributed by atoms with Crippen LogP contribution in [0.1, 0.15) is 0 Å². The SMILES string of the molecule is O=c1c2ccccc2c(-c2ccccc2)cn1-c1ccc(Cl)cc1. The van der Waals surface area contributed by atoms with Gasteiger partial charge < -0.3 is 0 Å². The second-order valence-electron chi connectivity index (χ2n) is 5.61. The Bertz CT molecular complexity index is 1070. The molecule has 4 aromatic rings. The predicted octanol–water partition coefficient (Wildman–Crippen LogP) is 5.31. The van der Waals surface area contributed by atoms with Gasteiger partial charge in [-0.2, -0.15) is 0 Å². The number of aromatic nitrogens is 1. The molecule has 0 bridgehead atoms. The van der Waals surface area contributed by atoms with Crippen molar-refractivity contribution in [1.82, 2.24) is 4.57 Å². The second-order valence-corrected chi connectivity index (χ2v) is 6.04. The average Bonchev–Trinajstić information content (AvgIpc) is 2.64. The Balaban J connectivity index is 2.07. The molecule has 0 saturated carbocycles. The number of halogens is 1. The zero-order valence-corrected chi connectivity index (χ0v) is 13.6. The van der Waals surface area contributed by atoms with Gasteiger partial charge in [-0.25, -0.2) is 0 Å². The quantitative estimate of drug-likeness (QED) is 0.488. The Morgan fingerprint density at radius 1 is 0.708 bits per heavy atom. The molecule has 0 N–H and O–H groups in total. The number of nitrogens with zero attached hydrogens (tertiary/aromatic N) is 1. The van der Waals surface area contributed by atoms with E-state index in [9.17, 15) is 4.79 Å². The van der Waals surface area contributed by atoms with Crippen LogP contribution in [0.2, 0.25) is 5.02 Å². The molecule has 3 aromatic carbocycles. The Labute approximate surface area is 144 Å². The number of fused-ring (bicyclic) bond motifs is 1. The van der Waals surface area contributed by atoms with Crippen LogP contribution in [0.25, 0.3) is 27.6 Å². The van der Waals surface area contributed by atoms with Crippen LogP contribution in [0, 0.1) is 0 Å². The lowest BCUT2D eigenvalue weighted by Crippen LogP contribution is -2.18. The van der Waals surface area contributed by atoms with Gasteiger partial charge in [0.05, 0.1) is 0 Å². The van der Waals surface area contributed by atoms with Crippen LogP contribution in [0.15, 0.2) is 89.9 Å². The molecule has 1 aromatic heterocycles. The van der Waals surface area contributed by atoms with Gasteiger partial charge in [0.2, 0.25) is 0 Å². The molecule has 0 spiro atoms. The number of pyridine rings is 1. The third-order valence-electron chi connectivity index (χ3n) is 4.11. The number of benzene rings is 3. The summed E-state index contributed by atoms with van der Waals surface area (Å²) in [5, 5.41) is 2.31. The fraction of sp³-hybridized carbons (Fsp3) is 0. The second kappa shape index (κ2) is 5.99. The molecule has 116 valence electrons. The first-order chi connectivity index (χ1) is 11.7. The minimum absolute atomic E-state index is 0.0346. The van der Waals surface area contributed by atoms with Crippen molar-refractivity contribution >= 4 is 22.4 Å². The average molecular weight is 332 g/mol. The summed E-state index contributed by atoms with van der Waals surface area (Å²) in [4.78, 5) is 12.9. The highest BCUT2D eigenvalue weighted by Gasteiger charge is 2.11. The maximum Gasteiger partial charge on any atom is 0.262 e. The summed E-state index contributed by atoms with van der Waals surface area (Å²) >= 11 is 5.97. The van der Waals surface area contributed by atoms with Crippen molar-refractivity contribution in [2.75, 3.05) is 0 Å². The first kappa shape index (κ1) is 14.7. The highest BCUT2D eigenvalue weighted by molar-refractivity contribution is 6.30. The molecule has 24 heavy (non-hydrogen) atoms. The third kappa shape index (κ3) is 2.51. The van der Waals surface area contributed by atoms with Crippen molar-refractivity contribution in [3.8, 4) is 16.8 Å². The first-order valence-corrected chi connectivity index (χ1v) is 8.07. The highest BCUT2D eigenvalue weighted by Crippen LogP contribution is 2.27. The normalized spacial score (nSPS) is 10.9. The zero-order valence-electron chi connectivity index (χ0n) is 12.8. The summed E-state index contributed by atoms with van der Waals surface area (Å²) in [5.41, 5.74) is 2.87. The molecule has 2 nitrogen and oxygen atoms in total. The van der Waals surface area contributed by atoms with E-state index in [0.29, 0.717) is 10.4 Å². The lowest BCUT2D eigenvalue weighted by Gasteiger charge is -2.13. The summed E-state index contributed by atoms with van der Waals surface area (Å²) in [6.45, 7) is 0. The van der Waals surface area contributed by atoms with Crippen molar-refractivity contribution in [3.63, 3.8) is 0 Å². The molecule has 1 heterocycles. The van der Waals surface area contributed by atoms with Crippen LogP contribution in [0.4, 0.5) is 0 Å². The molecular formula is C21H14ClNO. The molecule has 0 aliphatic carbocycles. The smallest absolute Gasteiger partial charge is 0.262 e. The van der Waals surface area contributed by atoms with Crippen LogP contribution in [0.3, 0.4) is 0 Å². The van der Waals surface area contributed by atoms with Gasteiger partial charge in [-0.3, -0.25) is 9.36 Å². The molecule has 0 radical (unpaired) electrons. The van der Waals surface area contributed by atoms with E-state index >= 15 is 0 Å². The molecular weight excluding hydrogens is 318 g/mol. The monoisotopic (exact) mass is 331 g/mol. The molecule has 0 fully saturated rings. The van der Waals surface area contributed by atoms with Gasteiger partial charge in [0.15, 0.2) is 0 Å². The molecule has 0 saturated heterocycles. The summed E-state index contributed by atoms with van der Waals surface area (Å²) in [6, 6.07) is 25.1. The third-order valence-corrected chi connectivity index (χ3v) is 4.37. The summed E-state index contributed by atoms with van der Waals surface area (Å²) in [6.07, 6.45) is 1.91. The molecule has 0 unspecified atom stereocenters. The van der Waals surface area contributed by atoms with Crippen molar-refractivity contribution in [3.05, 3.63) is 100 Å². The van der Waals surface area contributed by atoms with Crippen LogP contribution < -0.4 is 5.56 Å². The summed E-state index contributed by atoms with van der Waals surface area (Å²) < 4.78 is 1.68. The molecule has 0 aliphatic heterocycles. The van der Waals surface area contributed by atoms with Gasteiger partial charge in [-0.05, 0) is 41.3 Å². The Hall–Kier alpha value is -2.84. The number of rotatable bonds is 2. The van der Waals surface area contributed by atoms with E-state index in [1.54, 1.807) is 16.7 Å². The van der Waals surface area contributed by atoms with E-state index in [1.807, 2.05) is 60.8 Å². The summed E-state index contributed by atoms with van der Waals surface area (Å²) in [5.74, 6) is 0. The van der Waals surface area contributed by atoms with E-state index in [1.165, 1.54) is 0 Å². The van der Waals surface area contributed by atoms with E-state index in [0.717, 1.165) is 22.2 Å². The van der Waals surface area contributed by atoms with Gasteiger partial charge in [0.25, 0.3) is 5.56 Å². The minimum atomic E-state index is -0.0346. The number of hydrogen-bond donors (Lipinski definition) is 0. The zero-order chi connectivity index (χ0) is 16.5. The lowest BCUT2D eigenvalue weighted by molar-refractivity contribution is 1.01. The molecule has 4 rings (SSSR count). The maximum atomic E-state index is 12.9. The van der Waals surface area contributed by atoms with Gasteiger partial charge in [0, 0.05) is 27.9 Å². The molecule has 0 amide bonds. The number of hydrogen-bond acceptors (Lipinski definition) is 1. The van der Waals surface area contributed by atoms with Gasteiger partial charge in [-0.15, -0.1) is 0 Å². The largest absolute Gasteiger partial charge is 0.283 e. The Morgan fingerprint density at radius 2 is 1.33 bits per heavy atom. The minimum Gasteiger partial charge on any atom is -0.283 e. The first-order valence-electron chi connectivity index (χ1n) is 7.70. The van der Waals surface area contributed by atoms with Gasteiger partial charge >= 0.3 is 0 Å². The predicted molar refractivity (Wildman–Crippen MR) is 100.0 cm³/mol. The van der Waals surface area contributed by atoms with Gasteiger partial charge in [-0.1, -0.05) is 60.1 Å². The van der Waals surface area contributed by atoms with E-state index in [2.05, 4.69) is 12.1 Å². The molecule has 0 aliphatic rings. The fourth-order valence-corrected chi connectivity index (χ4v) is 3.06. The van der Waals surface area contributed by atoms with Crippen LogP contribution >= 0.6 is 11.6 Å². The van der Waals surface area contributed by atoms with Crippen molar-refractivity contribution < 1.29 is 0 Å². The highest BCUT2D eigenvalue weighted by atomic mass is 35.5. The van der Waals surface area contributed by atoms with Gasteiger partial charge in [0.1, 0.15) is 0 Å². The standard InChI is InChI=1S/C21H14ClNO/c22-16-10-12-17(13-11-16)23-14-20(15-6-2-1-3-7-15)18-8-4-5-9-19(18)21(23)24/h1-14H. The Kier molecular flexibility index (Phi) is 3.68.